The molecule has 1 unspecified atom stereocenters. The number of rotatable bonds is 9. The summed E-state index contributed by atoms with van der Waals surface area (Å²) in [6, 6.07) is 10.6. The number of hydrogen-bond acceptors (Lipinski definition) is 7. The Morgan fingerprint density at radius 3 is 2.46 bits per heavy atom. The Hall–Kier alpha value is -2.78. The predicted octanol–water partition coefficient (Wildman–Crippen LogP) is 7.28. The third kappa shape index (κ3) is 5.31. The lowest BCUT2D eigenvalue weighted by molar-refractivity contribution is -0.129. The van der Waals surface area contributed by atoms with Crippen molar-refractivity contribution >= 4 is 46.5 Å². The molecule has 3 aliphatic rings. The van der Waals surface area contributed by atoms with Crippen LogP contribution in [0.3, 0.4) is 0 Å². The largest absolute Gasteiger partial charge is 0.489 e. The maximum Gasteiger partial charge on any atom is 0.352 e. The molecule has 1 atom stereocenters. The van der Waals surface area contributed by atoms with E-state index in [0.29, 0.717) is 62.8 Å². The van der Waals surface area contributed by atoms with Gasteiger partial charge in [-0.25, -0.2) is 4.79 Å². The van der Waals surface area contributed by atoms with Crippen molar-refractivity contribution in [2.24, 2.45) is 11.0 Å². The van der Waals surface area contributed by atoms with Crippen LogP contribution in [0.25, 0.3) is 11.3 Å². The molecule has 0 saturated heterocycles. The Labute approximate surface area is 252 Å². The van der Waals surface area contributed by atoms with Gasteiger partial charge < -0.3 is 19.5 Å². The van der Waals surface area contributed by atoms with Crippen molar-refractivity contribution in [3.8, 4) is 17.0 Å². The highest BCUT2D eigenvalue weighted by Gasteiger charge is 2.51. The molecule has 0 amide bonds. The lowest BCUT2D eigenvalue weighted by Crippen LogP contribution is -2.51. The number of carboxylic acids is 1. The molecule has 41 heavy (non-hydrogen) atoms. The second kappa shape index (κ2) is 10.8. The van der Waals surface area contributed by atoms with E-state index >= 15 is 0 Å². The molecule has 0 spiro atoms. The fourth-order valence-electron chi connectivity index (χ4n) is 6.02. The van der Waals surface area contributed by atoms with Gasteiger partial charge >= 0.3 is 5.97 Å². The summed E-state index contributed by atoms with van der Waals surface area (Å²) in [7, 11) is 0. The SMILES string of the molecule is CC(C)N1N=C(C(=O)O)CC1[C@H]1C[C@](O)(c2ccc(OCc3c(-c4c(Cl)cccc4Cl)noc3C3CC3)cc2Cl)C1. The van der Waals surface area contributed by atoms with Crippen LogP contribution in [0.15, 0.2) is 46.0 Å². The molecular weight excluding hydrogens is 589 g/mol. The fraction of sp³-hybridized carbons (Fsp3) is 0.433. The van der Waals surface area contributed by atoms with Crippen LogP contribution < -0.4 is 4.74 Å². The van der Waals surface area contributed by atoms with Gasteiger partial charge in [-0.3, -0.25) is 5.01 Å². The number of ether oxygens (including phenoxy) is 1. The van der Waals surface area contributed by atoms with Crippen molar-refractivity contribution in [1.29, 1.82) is 0 Å². The van der Waals surface area contributed by atoms with E-state index in [-0.39, 0.29) is 30.3 Å². The van der Waals surface area contributed by atoms with Gasteiger partial charge in [0.05, 0.1) is 32.3 Å². The lowest BCUT2D eigenvalue weighted by atomic mass is 9.64. The van der Waals surface area contributed by atoms with Crippen LogP contribution in [-0.2, 0) is 17.0 Å². The fourth-order valence-corrected chi connectivity index (χ4v) is 6.95. The second-order valence-electron chi connectivity index (χ2n) is 11.5. The number of benzene rings is 2. The van der Waals surface area contributed by atoms with Crippen LogP contribution >= 0.6 is 34.8 Å². The van der Waals surface area contributed by atoms with E-state index in [4.69, 9.17) is 44.1 Å². The number of aliphatic hydroxyl groups is 1. The Bertz CT molecular complexity index is 1510. The summed E-state index contributed by atoms with van der Waals surface area (Å²) in [6.45, 7) is 4.16. The molecule has 216 valence electrons. The summed E-state index contributed by atoms with van der Waals surface area (Å²) in [5, 5.41) is 32.7. The van der Waals surface area contributed by atoms with Crippen molar-refractivity contribution < 1.29 is 24.3 Å². The standard InChI is InChI=1S/C30H30Cl3N3O5/c1-15(2)36-25(11-24(34-36)29(37)38)17-12-30(39,13-17)20-9-8-18(10-23(20)33)40-14-19-27(35-41-28(19)16-6-7-16)26-21(31)4-3-5-22(26)32/h3-5,8-10,15-17,25,39H,6-7,11-14H2,1-2H3,(H,37,38)/t17-,25?,30+. The number of hydrazone groups is 1. The molecule has 8 nitrogen and oxygen atoms in total. The highest BCUT2D eigenvalue weighted by Crippen LogP contribution is 2.52. The molecule has 0 bridgehead atoms. The molecule has 1 aliphatic heterocycles. The lowest BCUT2D eigenvalue weighted by Gasteiger charge is -2.49. The van der Waals surface area contributed by atoms with E-state index < -0.39 is 11.6 Å². The van der Waals surface area contributed by atoms with Crippen LogP contribution in [0.4, 0.5) is 0 Å². The zero-order chi connectivity index (χ0) is 29.1. The van der Waals surface area contributed by atoms with Crippen molar-refractivity contribution in [2.45, 2.75) is 76.2 Å². The maximum atomic E-state index is 11.5. The summed E-state index contributed by atoms with van der Waals surface area (Å²) < 4.78 is 11.9. The molecule has 6 rings (SSSR count). The van der Waals surface area contributed by atoms with Gasteiger partial charge in [0.2, 0.25) is 0 Å². The second-order valence-corrected chi connectivity index (χ2v) is 12.7. The molecule has 2 aromatic carbocycles. The molecule has 0 radical (unpaired) electrons. The molecule has 3 aromatic rings. The summed E-state index contributed by atoms with van der Waals surface area (Å²) in [4.78, 5) is 11.5. The third-order valence-corrected chi connectivity index (χ3v) is 9.23. The van der Waals surface area contributed by atoms with Crippen LogP contribution in [0.2, 0.25) is 15.1 Å². The van der Waals surface area contributed by atoms with Crippen molar-refractivity contribution in [3.05, 3.63) is 68.4 Å². The first-order valence-corrected chi connectivity index (χ1v) is 14.9. The molecule has 11 heteroatoms. The van der Waals surface area contributed by atoms with Gasteiger partial charge in [0.25, 0.3) is 0 Å². The number of carboxylic acid groups (broad SMARTS) is 1. The molecule has 2 N–H and O–H groups in total. The highest BCUT2D eigenvalue weighted by atomic mass is 35.5. The number of aliphatic carboxylic acids is 1. The zero-order valence-corrected chi connectivity index (χ0v) is 24.9. The average molecular weight is 619 g/mol. The topological polar surface area (TPSA) is 108 Å². The minimum Gasteiger partial charge on any atom is -0.489 e. The van der Waals surface area contributed by atoms with Crippen LogP contribution in [0, 0.1) is 5.92 Å². The minimum absolute atomic E-state index is 0.0610. The van der Waals surface area contributed by atoms with Crippen LogP contribution in [0.5, 0.6) is 5.75 Å². The van der Waals surface area contributed by atoms with Crippen molar-refractivity contribution in [3.63, 3.8) is 0 Å². The quantitative estimate of drug-likeness (QED) is 0.259. The number of halogens is 3. The van der Waals surface area contributed by atoms with Gasteiger partial charge in [0.15, 0.2) is 0 Å². The highest BCUT2D eigenvalue weighted by molar-refractivity contribution is 6.39. The van der Waals surface area contributed by atoms with Crippen LogP contribution in [0.1, 0.15) is 68.8 Å². The summed E-state index contributed by atoms with van der Waals surface area (Å²) in [5.74, 6) is 0.722. The van der Waals surface area contributed by atoms with Gasteiger partial charge in [-0.2, -0.15) is 5.10 Å². The van der Waals surface area contributed by atoms with Gasteiger partial charge in [0.1, 0.15) is 29.5 Å². The van der Waals surface area contributed by atoms with E-state index in [0.717, 1.165) is 24.2 Å². The number of nitrogens with zero attached hydrogens (tertiary/aromatic N) is 3. The molecule has 2 heterocycles. The van der Waals surface area contributed by atoms with Gasteiger partial charge in [-0.15, -0.1) is 0 Å². The third-order valence-electron chi connectivity index (χ3n) is 8.29. The number of hydrogen-bond donors (Lipinski definition) is 2. The smallest absolute Gasteiger partial charge is 0.352 e. The Morgan fingerprint density at radius 1 is 1.15 bits per heavy atom. The first-order valence-electron chi connectivity index (χ1n) is 13.7. The molecule has 2 fully saturated rings. The van der Waals surface area contributed by atoms with Gasteiger partial charge in [-0.05, 0) is 69.7 Å². The van der Waals surface area contributed by atoms with Crippen molar-refractivity contribution in [1.82, 2.24) is 10.2 Å². The molecule has 2 aliphatic carbocycles. The molecular formula is C30H30Cl3N3O5. The van der Waals surface area contributed by atoms with Gasteiger partial charge in [0, 0.05) is 29.5 Å². The van der Waals surface area contributed by atoms with E-state index in [9.17, 15) is 15.0 Å². The first kappa shape index (κ1) is 28.3. The Morgan fingerprint density at radius 2 is 1.85 bits per heavy atom. The Balaban J connectivity index is 1.17. The van der Waals surface area contributed by atoms with Gasteiger partial charge in [-0.1, -0.05) is 52.1 Å². The average Bonchev–Trinajstić information content (AvgIpc) is 3.50. The van der Waals surface area contributed by atoms with E-state index in [1.807, 2.05) is 18.9 Å². The van der Waals surface area contributed by atoms with Crippen LogP contribution in [-0.4, -0.2) is 44.1 Å². The molecule has 1 aromatic heterocycles. The Kier molecular flexibility index (Phi) is 7.47. The summed E-state index contributed by atoms with van der Waals surface area (Å²) in [5.41, 5.74) is 1.67. The number of carbonyl (C=O) groups is 1. The van der Waals surface area contributed by atoms with E-state index in [1.54, 1.807) is 36.4 Å². The zero-order valence-electron chi connectivity index (χ0n) is 22.6. The summed E-state index contributed by atoms with van der Waals surface area (Å²) >= 11 is 19.6. The normalized spacial score (nSPS) is 24.0. The predicted molar refractivity (Wildman–Crippen MR) is 157 cm³/mol. The monoisotopic (exact) mass is 617 g/mol. The maximum absolute atomic E-state index is 11.5. The number of aromatic nitrogens is 1. The van der Waals surface area contributed by atoms with E-state index in [2.05, 4.69) is 10.3 Å². The summed E-state index contributed by atoms with van der Waals surface area (Å²) in [6.07, 6.45) is 3.35. The first-order chi connectivity index (χ1) is 19.6. The van der Waals surface area contributed by atoms with E-state index in [1.165, 1.54) is 0 Å². The van der Waals surface area contributed by atoms with Crippen molar-refractivity contribution in [2.75, 3.05) is 0 Å². The molecule has 2 saturated carbocycles. The minimum atomic E-state index is -1.10.